The number of aliphatic hydroxyl groups excluding tert-OH is 2. The number of hydrogen-bond donors (Lipinski definition) is 2. The molecule has 0 bridgehead atoms. The van der Waals surface area contributed by atoms with E-state index in [1.54, 1.807) is 0 Å². The summed E-state index contributed by atoms with van der Waals surface area (Å²) in [5, 5.41) is 16.5. The number of carbonyl (C=O) groups excluding carboxylic acids is 1. The number of aliphatic hydroxyl groups is 2. The molecule has 0 aliphatic rings. The van der Waals surface area contributed by atoms with E-state index in [-0.39, 0.29) is 0 Å². The Morgan fingerprint density at radius 2 is 2.10 bits per heavy atom. The minimum Gasteiger partial charge on any atom is -0.394 e. The van der Waals surface area contributed by atoms with Crippen molar-refractivity contribution in [3.05, 3.63) is 0 Å². The summed E-state index contributed by atoms with van der Waals surface area (Å²) >= 11 is 0. The highest BCUT2D eigenvalue weighted by atomic mass is 19.3. The lowest BCUT2D eigenvalue weighted by Gasteiger charge is -2.11. The van der Waals surface area contributed by atoms with Crippen molar-refractivity contribution in [2.45, 2.75) is 18.4 Å². The van der Waals surface area contributed by atoms with Gasteiger partial charge < -0.3 is 10.2 Å². The number of rotatable bonds is 4. The van der Waals surface area contributed by atoms with Crippen molar-refractivity contribution in [1.82, 2.24) is 0 Å². The molecule has 0 heterocycles. The van der Waals surface area contributed by atoms with Gasteiger partial charge in [-0.3, -0.25) is 4.79 Å². The van der Waals surface area contributed by atoms with Crippen LogP contribution in [0.15, 0.2) is 0 Å². The molecule has 60 valence electrons. The smallest absolute Gasteiger partial charge is 0.304 e. The SMILES string of the molecule is O=CC(F)(F)C[C@H](O)CO. The zero-order chi connectivity index (χ0) is 8.20. The molecule has 2 N–H and O–H groups in total. The monoisotopic (exact) mass is 154 g/mol. The van der Waals surface area contributed by atoms with Gasteiger partial charge in [-0.1, -0.05) is 0 Å². The summed E-state index contributed by atoms with van der Waals surface area (Å²) in [6.45, 7) is -0.760. The third kappa shape index (κ3) is 3.47. The number of halogens is 2. The van der Waals surface area contributed by atoms with Crippen LogP contribution in [0.5, 0.6) is 0 Å². The maximum Gasteiger partial charge on any atom is 0.304 e. The minimum atomic E-state index is -3.53. The van der Waals surface area contributed by atoms with E-state index in [9.17, 15) is 13.6 Å². The molecule has 0 fully saturated rings. The first-order valence-electron chi connectivity index (χ1n) is 2.65. The van der Waals surface area contributed by atoms with Gasteiger partial charge >= 0.3 is 5.92 Å². The predicted octanol–water partition coefficient (Wildman–Crippen LogP) is -0.436. The summed E-state index contributed by atoms with van der Waals surface area (Å²) < 4.78 is 23.9. The van der Waals surface area contributed by atoms with E-state index in [4.69, 9.17) is 10.2 Å². The van der Waals surface area contributed by atoms with Crippen molar-refractivity contribution in [2.75, 3.05) is 6.61 Å². The molecule has 0 spiro atoms. The van der Waals surface area contributed by atoms with Crippen molar-refractivity contribution in [1.29, 1.82) is 0 Å². The van der Waals surface area contributed by atoms with Crippen LogP contribution in [0.1, 0.15) is 6.42 Å². The molecule has 0 saturated carbocycles. The van der Waals surface area contributed by atoms with Crippen molar-refractivity contribution in [3.8, 4) is 0 Å². The highest BCUT2D eigenvalue weighted by molar-refractivity contribution is 5.59. The molecule has 0 radical (unpaired) electrons. The Hall–Kier alpha value is -0.550. The Bertz CT molecular complexity index is 115. The van der Waals surface area contributed by atoms with Gasteiger partial charge in [0.05, 0.1) is 12.7 Å². The highest BCUT2D eigenvalue weighted by Gasteiger charge is 2.30. The Morgan fingerprint density at radius 1 is 1.60 bits per heavy atom. The van der Waals surface area contributed by atoms with E-state index in [2.05, 4.69) is 0 Å². The maximum absolute atomic E-state index is 12.0. The Labute approximate surface area is 56.3 Å². The van der Waals surface area contributed by atoms with E-state index >= 15 is 0 Å². The third-order valence-corrected chi connectivity index (χ3v) is 0.891. The molecule has 3 nitrogen and oxygen atoms in total. The van der Waals surface area contributed by atoms with Gasteiger partial charge in [-0.15, -0.1) is 0 Å². The first-order valence-corrected chi connectivity index (χ1v) is 2.65. The Morgan fingerprint density at radius 3 is 2.40 bits per heavy atom. The lowest BCUT2D eigenvalue weighted by Crippen LogP contribution is -2.27. The number of hydrogen-bond acceptors (Lipinski definition) is 3. The van der Waals surface area contributed by atoms with Gasteiger partial charge in [0.2, 0.25) is 0 Å². The standard InChI is InChI=1S/C5H8F2O3/c6-5(7,3-9)1-4(10)2-8/h3-4,8,10H,1-2H2/t4-/m0/s1. The van der Waals surface area contributed by atoms with Crippen LogP contribution >= 0.6 is 0 Å². The van der Waals surface area contributed by atoms with E-state index in [0.29, 0.717) is 0 Å². The van der Waals surface area contributed by atoms with Crippen LogP contribution in [0, 0.1) is 0 Å². The zero-order valence-electron chi connectivity index (χ0n) is 5.13. The van der Waals surface area contributed by atoms with Crippen LogP contribution in [-0.4, -0.2) is 35.1 Å². The fourth-order valence-corrected chi connectivity index (χ4v) is 0.427. The third-order valence-electron chi connectivity index (χ3n) is 0.891. The van der Waals surface area contributed by atoms with Crippen molar-refractivity contribution >= 4 is 6.29 Å². The molecule has 1 atom stereocenters. The summed E-state index contributed by atoms with van der Waals surface area (Å²) in [6, 6.07) is 0. The highest BCUT2D eigenvalue weighted by Crippen LogP contribution is 2.16. The van der Waals surface area contributed by atoms with Gasteiger partial charge in [-0.2, -0.15) is 8.78 Å². The molecule has 0 aliphatic carbocycles. The summed E-state index contributed by atoms with van der Waals surface area (Å²) in [7, 11) is 0. The normalized spacial score (nSPS) is 14.8. The molecular formula is C5H8F2O3. The fraction of sp³-hybridized carbons (Fsp3) is 0.800. The zero-order valence-corrected chi connectivity index (χ0v) is 5.13. The van der Waals surface area contributed by atoms with Crippen LogP contribution in [-0.2, 0) is 4.79 Å². The molecule has 10 heavy (non-hydrogen) atoms. The molecule has 0 saturated heterocycles. The van der Waals surface area contributed by atoms with Crippen LogP contribution in [0.3, 0.4) is 0 Å². The first kappa shape index (κ1) is 9.45. The van der Waals surface area contributed by atoms with Crippen molar-refractivity contribution in [3.63, 3.8) is 0 Å². The quantitative estimate of drug-likeness (QED) is 0.540. The lowest BCUT2D eigenvalue weighted by molar-refractivity contribution is -0.134. The average Bonchev–Trinajstić information content (AvgIpc) is 1.87. The predicted molar refractivity (Wildman–Crippen MR) is 28.7 cm³/mol. The summed E-state index contributed by atoms with van der Waals surface area (Å²) in [5.41, 5.74) is 0. The summed E-state index contributed by atoms with van der Waals surface area (Å²) in [6.07, 6.45) is -3.10. The van der Waals surface area contributed by atoms with Gasteiger partial charge in [-0.25, -0.2) is 0 Å². The van der Waals surface area contributed by atoms with E-state index in [1.165, 1.54) is 0 Å². The molecular weight excluding hydrogens is 146 g/mol. The second-order valence-electron chi connectivity index (χ2n) is 1.92. The maximum atomic E-state index is 12.0. The van der Waals surface area contributed by atoms with E-state index in [0.717, 1.165) is 0 Å². The van der Waals surface area contributed by atoms with Crippen molar-refractivity contribution in [2.24, 2.45) is 0 Å². The molecule has 0 unspecified atom stereocenters. The molecule has 0 rings (SSSR count). The van der Waals surface area contributed by atoms with Gasteiger partial charge in [-0.05, 0) is 0 Å². The average molecular weight is 154 g/mol. The van der Waals surface area contributed by atoms with Crippen LogP contribution < -0.4 is 0 Å². The molecule has 0 aromatic carbocycles. The fourth-order valence-electron chi connectivity index (χ4n) is 0.427. The second-order valence-corrected chi connectivity index (χ2v) is 1.92. The molecule has 0 aliphatic heterocycles. The second kappa shape index (κ2) is 3.58. The summed E-state index contributed by atoms with van der Waals surface area (Å²) in [5.74, 6) is -3.53. The van der Waals surface area contributed by atoms with Gasteiger partial charge in [0.1, 0.15) is 0 Å². The molecule has 5 heteroatoms. The molecule has 0 aromatic rings. The first-order chi connectivity index (χ1) is 4.52. The van der Waals surface area contributed by atoms with Crippen LogP contribution in [0.25, 0.3) is 0 Å². The minimum absolute atomic E-state index is 0.550. The van der Waals surface area contributed by atoms with Gasteiger partial charge in [0.25, 0.3) is 0 Å². The van der Waals surface area contributed by atoms with Gasteiger partial charge in [0.15, 0.2) is 6.29 Å². The lowest BCUT2D eigenvalue weighted by atomic mass is 10.2. The van der Waals surface area contributed by atoms with Crippen molar-refractivity contribution < 1.29 is 23.8 Å². The Kier molecular flexibility index (Phi) is 3.38. The van der Waals surface area contributed by atoms with Crippen LogP contribution in [0.4, 0.5) is 8.78 Å². The number of aldehydes is 1. The topological polar surface area (TPSA) is 57.5 Å². The number of alkyl halides is 2. The molecule has 0 aromatic heterocycles. The molecule has 0 amide bonds. The Balaban J connectivity index is 3.75. The van der Waals surface area contributed by atoms with E-state index < -0.39 is 31.3 Å². The van der Waals surface area contributed by atoms with Gasteiger partial charge in [0, 0.05) is 6.42 Å². The van der Waals surface area contributed by atoms with Crippen LogP contribution in [0.2, 0.25) is 0 Å². The summed E-state index contributed by atoms with van der Waals surface area (Å²) in [4.78, 5) is 9.54. The number of carbonyl (C=O) groups is 1. The largest absolute Gasteiger partial charge is 0.394 e. The van der Waals surface area contributed by atoms with E-state index in [1.807, 2.05) is 0 Å².